The zero-order chi connectivity index (χ0) is 16.7. The number of hydrogen-bond acceptors (Lipinski definition) is 3. The van der Waals surface area contributed by atoms with Gasteiger partial charge in [-0.05, 0) is 31.1 Å². The van der Waals surface area contributed by atoms with E-state index in [1.165, 1.54) is 0 Å². The number of carbonyl (C=O) groups is 1. The van der Waals surface area contributed by atoms with Gasteiger partial charge in [0.2, 0.25) is 0 Å². The minimum absolute atomic E-state index is 0.0640. The van der Waals surface area contributed by atoms with E-state index in [-0.39, 0.29) is 18.4 Å². The predicted octanol–water partition coefficient (Wildman–Crippen LogP) is 3.74. The Morgan fingerprint density at radius 2 is 2.08 bits per heavy atom. The molecule has 1 aliphatic rings. The first-order valence-electron chi connectivity index (χ1n) is 8.50. The quantitative estimate of drug-likeness (QED) is 0.781. The van der Waals surface area contributed by atoms with Crippen LogP contribution >= 0.6 is 0 Å². The van der Waals surface area contributed by atoms with Crippen LogP contribution in [0.3, 0.4) is 0 Å². The maximum atomic E-state index is 12.9. The van der Waals surface area contributed by atoms with E-state index in [2.05, 4.69) is 6.07 Å². The van der Waals surface area contributed by atoms with E-state index in [9.17, 15) is 9.90 Å². The summed E-state index contributed by atoms with van der Waals surface area (Å²) in [4.78, 5) is 14.8. The summed E-state index contributed by atoms with van der Waals surface area (Å²) in [5.74, 6) is 0.541. The Morgan fingerprint density at radius 1 is 1.25 bits per heavy atom. The van der Waals surface area contributed by atoms with Crippen molar-refractivity contribution in [2.45, 2.75) is 19.8 Å². The van der Waals surface area contributed by atoms with Gasteiger partial charge in [-0.3, -0.25) is 4.79 Å². The second-order valence-corrected chi connectivity index (χ2v) is 6.66. The third-order valence-electron chi connectivity index (χ3n) is 5.09. The second-order valence-electron chi connectivity index (χ2n) is 6.66. The van der Waals surface area contributed by atoms with Crippen molar-refractivity contribution in [1.29, 1.82) is 0 Å². The Balaban J connectivity index is 1.78. The number of benzene rings is 2. The van der Waals surface area contributed by atoms with E-state index in [4.69, 9.17) is 4.42 Å². The summed E-state index contributed by atoms with van der Waals surface area (Å²) in [5.41, 5.74) is 1.68. The van der Waals surface area contributed by atoms with E-state index in [1.807, 2.05) is 42.2 Å². The van der Waals surface area contributed by atoms with Crippen molar-refractivity contribution in [1.82, 2.24) is 4.90 Å². The molecule has 2 heterocycles. The highest BCUT2D eigenvalue weighted by molar-refractivity contribution is 6.08. The topological polar surface area (TPSA) is 53.7 Å². The van der Waals surface area contributed by atoms with Crippen molar-refractivity contribution >= 4 is 27.6 Å². The lowest BCUT2D eigenvalue weighted by Gasteiger charge is -2.31. The Kier molecular flexibility index (Phi) is 3.77. The summed E-state index contributed by atoms with van der Waals surface area (Å²) in [6, 6.07) is 12.1. The van der Waals surface area contributed by atoms with Crippen LogP contribution in [0.1, 0.15) is 29.0 Å². The molecule has 124 valence electrons. The molecule has 1 aliphatic heterocycles. The Hall–Kier alpha value is -2.33. The molecule has 0 spiro atoms. The lowest BCUT2D eigenvalue weighted by molar-refractivity contribution is 0.0591. The molecule has 1 saturated heterocycles. The van der Waals surface area contributed by atoms with Gasteiger partial charge in [-0.2, -0.15) is 0 Å². The van der Waals surface area contributed by atoms with E-state index < -0.39 is 0 Å². The summed E-state index contributed by atoms with van der Waals surface area (Å²) in [6.07, 6.45) is 1.91. The molecule has 1 amide bonds. The van der Waals surface area contributed by atoms with Crippen LogP contribution < -0.4 is 0 Å². The van der Waals surface area contributed by atoms with Crippen molar-refractivity contribution in [3.63, 3.8) is 0 Å². The van der Waals surface area contributed by atoms with Crippen LogP contribution in [0.4, 0.5) is 0 Å². The van der Waals surface area contributed by atoms with Crippen LogP contribution in [0.15, 0.2) is 40.8 Å². The number of fused-ring (bicyclic) bond motifs is 3. The number of aliphatic hydroxyl groups is 1. The second kappa shape index (κ2) is 5.95. The van der Waals surface area contributed by atoms with Gasteiger partial charge in [-0.25, -0.2) is 0 Å². The Labute approximate surface area is 140 Å². The zero-order valence-corrected chi connectivity index (χ0v) is 13.8. The highest BCUT2D eigenvalue weighted by Crippen LogP contribution is 2.32. The average Bonchev–Trinajstić information content (AvgIpc) is 2.98. The number of aryl methyl sites for hydroxylation is 1. The summed E-state index contributed by atoms with van der Waals surface area (Å²) in [7, 11) is 0. The molecule has 4 nitrogen and oxygen atoms in total. The summed E-state index contributed by atoms with van der Waals surface area (Å²) < 4.78 is 6.04. The van der Waals surface area contributed by atoms with E-state index >= 15 is 0 Å². The summed E-state index contributed by atoms with van der Waals surface area (Å²) in [5, 5.41) is 12.5. The molecule has 1 N–H and O–H groups in total. The van der Waals surface area contributed by atoms with E-state index in [0.717, 1.165) is 46.7 Å². The number of carbonyl (C=O) groups excluding carboxylic acids is 1. The lowest BCUT2D eigenvalue weighted by Crippen LogP contribution is -2.41. The van der Waals surface area contributed by atoms with Crippen molar-refractivity contribution in [3.05, 3.63) is 47.7 Å². The summed E-state index contributed by atoms with van der Waals surface area (Å²) >= 11 is 0. The lowest BCUT2D eigenvalue weighted by atomic mass is 9.98. The Morgan fingerprint density at radius 3 is 2.92 bits per heavy atom. The zero-order valence-electron chi connectivity index (χ0n) is 13.8. The van der Waals surface area contributed by atoms with Crippen LogP contribution in [0, 0.1) is 12.8 Å². The average molecular weight is 323 g/mol. The number of nitrogens with zero attached hydrogens (tertiary/aromatic N) is 1. The molecule has 0 radical (unpaired) electrons. The third-order valence-corrected chi connectivity index (χ3v) is 5.09. The van der Waals surface area contributed by atoms with Crippen molar-refractivity contribution in [3.8, 4) is 0 Å². The highest BCUT2D eigenvalue weighted by atomic mass is 16.3. The first-order valence-corrected chi connectivity index (χ1v) is 8.50. The highest BCUT2D eigenvalue weighted by Gasteiger charge is 2.28. The van der Waals surface area contributed by atoms with Crippen LogP contribution in [-0.2, 0) is 0 Å². The molecule has 4 rings (SSSR count). The maximum Gasteiger partial charge on any atom is 0.289 e. The standard InChI is InChI=1S/C20H21NO3/c1-13-16-9-8-15-6-2-3-7-17(15)19(16)24-18(13)20(23)21-10-4-5-14(11-21)12-22/h2-3,6-9,14,22H,4-5,10-12H2,1H3. The Bertz CT molecular complexity index is 912. The third kappa shape index (κ3) is 2.38. The van der Waals surface area contributed by atoms with E-state index in [1.54, 1.807) is 0 Å². The van der Waals surface area contributed by atoms with Gasteiger partial charge in [0.15, 0.2) is 5.76 Å². The van der Waals surface area contributed by atoms with Gasteiger partial charge in [-0.15, -0.1) is 0 Å². The van der Waals surface area contributed by atoms with Crippen molar-refractivity contribution < 1.29 is 14.3 Å². The predicted molar refractivity (Wildman–Crippen MR) is 94.2 cm³/mol. The van der Waals surface area contributed by atoms with Crippen LogP contribution in [0.25, 0.3) is 21.7 Å². The molecular formula is C20H21NO3. The number of rotatable bonds is 2. The number of furan rings is 1. The van der Waals surface area contributed by atoms with Gasteiger partial charge in [0.05, 0.1) is 0 Å². The molecule has 0 aliphatic carbocycles. The summed E-state index contributed by atoms with van der Waals surface area (Å²) in [6.45, 7) is 3.41. The van der Waals surface area contributed by atoms with Crippen molar-refractivity contribution in [2.24, 2.45) is 5.92 Å². The molecular weight excluding hydrogens is 302 g/mol. The molecule has 3 aromatic rings. The fraction of sp³-hybridized carbons (Fsp3) is 0.350. The van der Waals surface area contributed by atoms with Gasteiger partial charge in [-0.1, -0.05) is 36.4 Å². The van der Waals surface area contributed by atoms with Crippen LogP contribution in [0.2, 0.25) is 0 Å². The number of amides is 1. The maximum absolute atomic E-state index is 12.9. The molecule has 1 unspecified atom stereocenters. The number of piperidine rings is 1. The van der Waals surface area contributed by atoms with Gasteiger partial charge >= 0.3 is 0 Å². The molecule has 4 heteroatoms. The van der Waals surface area contributed by atoms with E-state index in [0.29, 0.717) is 12.3 Å². The number of likely N-dealkylation sites (tertiary alicyclic amines) is 1. The molecule has 1 atom stereocenters. The number of hydrogen-bond donors (Lipinski definition) is 1. The smallest absolute Gasteiger partial charge is 0.289 e. The fourth-order valence-corrected chi connectivity index (χ4v) is 3.70. The van der Waals surface area contributed by atoms with Crippen LogP contribution in [0.5, 0.6) is 0 Å². The first-order chi connectivity index (χ1) is 11.7. The van der Waals surface area contributed by atoms with Gasteiger partial charge in [0.25, 0.3) is 5.91 Å². The van der Waals surface area contributed by atoms with Gasteiger partial charge in [0, 0.05) is 36.0 Å². The fourth-order valence-electron chi connectivity index (χ4n) is 3.70. The normalized spacial score (nSPS) is 18.4. The molecule has 24 heavy (non-hydrogen) atoms. The van der Waals surface area contributed by atoms with Gasteiger partial charge < -0.3 is 14.4 Å². The van der Waals surface area contributed by atoms with Crippen molar-refractivity contribution in [2.75, 3.05) is 19.7 Å². The SMILES string of the molecule is Cc1c(C(=O)N2CCCC(CO)C2)oc2c1ccc1ccccc12. The molecule has 1 aromatic heterocycles. The minimum atomic E-state index is -0.0640. The number of aliphatic hydroxyl groups excluding tert-OH is 1. The molecule has 1 fully saturated rings. The molecule has 0 bridgehead atoms. The van der Waals surface area contributed by atoms with Crippen LogP contribution in [-0.4, -0.2) is 35.6 Å². The monoisotopic (exact) mass is 323 g/mol. The minimum Gasteiger partial charge on any atom is -0.450 e. The molecule has 2 aromatic carbocycles. The molecule has 0 saturated carbocycles. The largest absolute Gasteiger partial charge is 0.450 e. The first kappa shape index (κ1) is 15.2. The van der Waals surface area contributed by atoms with Gasteiger partial charge in [0.1, 0.15) is 5.58 Å².